The van der Waals surface area contributed by atoms with E-state index in [0.29, 0.717) is 17.7 Å². The van der Waals surface area contributed by atoms with Crippen LogP contribution < -0.4 is 5.32 Å². The van der Waals surface area contributed by atoms with Crippen molar-refractivity contribution in [1.82, 2.24) is 4.98 Å². The standard InChI is InChI=1S/C18H22N2O3S/c1-13-10-19-18(23-13)15-7-2-3-8-16(15)20-17(21)12-24-11-14-6-4-5-9-22-14/h2-3,7-8,10,14H,4-6,9,11-12H2,1H3,(H,20,21). The first-order valence-electron chi connectivity index (χ1n) is 8.23. The highest BCUT2D eigenvalue weighted by molar-refractivity contribution is 8.00. The van der Waals surface area contributed by atoms with Gasteiger partial charge in [0.25, 0.3) is 0 Å². The van der Waals surface area contributed by atoms with Gasteiger partial charge >= 0.3 is 0 Å². The fourth-order valence-corrected chi connectivity index (χ4v) is 3.57. The van der Waals surface area contributed by atoms with Gasteiger partial charge in [-0.25, -0.2) is 4.98 Å². The predicted molar refractivity (Wildman–Crippen MR) is 96.2 cm³/mol. The van der Waals surface area contributed by atoms with Crippen LogP contribution in [0.4, 0.5) is 5.69 Å². The van der Waals surface area contributed by atoms with Gasteiger partial charge in [-0.3, -0.25) is 4.79 Å². The first-order chi connectivity index (χ1) is 11.7. The van der Waals surface area contributed by atoms with Crippen molar-refractivity contribution in [3.05, 3.63) is 36.2 Å². The zero-order valence-corrected chi connectivity index (χ0v) is 14.6. The lowest BCUT2D eigenvalue weighted by atomic mass is 10.1. The lowest BCUT2D eigenvalue weighted by molar-refractivity contribution is -0.113. The maximum atomic E-state index is 12.2. The van der Waals surface area contributed by atoms with Gasteiger partial charge in [0, 0.05) is 12.4 Å². The van der Waals surface area contributed by atoms with Crippen LogP contribution in [0.5, 0.6) is 0 Å². The van der Waals surface area contributed by atoms with E-state index in [1.54, 1.807) is 18.0 Å². The third-order valence-corrected chi connectivity index (χ3v) is 4.94. The van der Waals surface area contributed by atoms with Crippen molar-refractivity contribution in [2.24, 2.45) is 0 Å². The molecule has 1 aromatic heterocycles. The zero-order valence-electron chi connectivity index (χ0n) is 13.8. The molecule has 0 bridgehead atoms. The van der Waals surface area contributed by atoms with Crippen LogP contribution >= 0.6 is 11.8 Å². The molecular formula is C18H22N2O3S. The van der Waals surface area contributed by atoms with E-state index < -0.39 is 0 Å². The molecule has 2 heterocycles. The van der Waals surface area contributed by atoms with Crippen molar-refractivity contribution in [3.63, 3.8) is 0 Å². The number of nitrogens with one attached hydrogen (secondary N) is 1. The molecule has 128 valence electrons. The highest BCUT2D eigenvalue weighted by atomic mass is 32.2. The highest BCUT2D eigenvalue weighted by Gasteiger charge is 2.15. The number of benzene rings is 1. The quantitative estimate of drug-likeness (QED) is 0.859. The number of thioether (sulfide) groups is 1. The number of carbonyl (C=O) groups is 1. The molecule has 0 radical (unpaired) electrons. The van der Waals surface area contributed by atoms with Gasteiger partial charge in [0.2, 0.25) is 11.8 Å². The normalized spacial score (nSPS) is 17.6. The first-order valence-corrected chi connectivity index (χ1v) is 9.39. The molecule has 2 aromatic rings. The van der Waals surface area contributed by atoms with E-state index in [0.717, 1.165) is 42.2 Å². The molecule has 1 aliphatic rings. The summed E-state index contributed by atoms with van der Waals surface area (Å²) in [6.07, 6.45) is 5.44. The van der Waals surface area contributed by atoms with E-state index in [1.165, 1.54) is 6.42 Å². The summed E-state index contributed by atoms with van der Waals surface area (Å²) in [6.45, 7) is 2.70. The maximum absolute atomic E-state index is 12.2. The fourth-order valence-electron chi connectivity index (χ4n) is 2.67. The molecule has 1 fully saturated rings. The summed E-state index contributed by atoms with van der Waals surface area (Å²) >= 11 is 1.62. The van der Waals surface area contributed by atoms with Crippen LogP contribution in [0.1, 0.15) is 25.0 Å². The number of hydrogen-bond acceptors (Lipinski definition) is 5. The number of hydrogen-bond donors (Lipinski definition) is 1. The number of nitrogens with zero attached hydrogens (tertiary/aromatic N) is 1. The van der Waals surface area contributed by atoms with Crippen molar-refractivity contribution < 1.29 is 13.9 Å². The van der Waals surface area contributed by atoms with Crippen molar-refractivity contribution >= 4 is 23.4 Å². The van der Waals surface area contributed by atoms with Crippen LogP contribution in [0, 0.1) is 6.92 Å². The summed E-state index contributed by atoms with van der Waals surface area (Å²) < 4.78 is 11.3. The Morgan fingerprint density at radius 3 is 3.00 bits per heavy atom. The Labute approximate surface area is 146 Å². The number of ether oxygens (including phenoxy) is 1. The average Bonchev–Trinajstić information content (AvgIpc) is 3.02. The SMILES string of the molecule is Cc1cnc(-c2ccccc2NC(=O)CSCC2CCCCO2)o1. The number of amides is 1. The Morgan fingerprint density at radius 2 is 2.25 bits per heavy atom. The van der Waals surface area contributed by atoms with Gasteiger partial charge in [0.1, 0.15) is 5.76 Å². The minimum absolute atomic E-state index is 0.0217. The molecule has 1 unspecified atom stereocenters. The molecule has 24 heavy (non-hydrogen) atoms. The van der Waals surface area contributed by atoms with Crippen LogP contribution in [0.3, 0.4) is 0 Å². The number of oxazole rings is 1. The Balaban J connectivity index is 1.54. The summed E-state index contributed by atoms with van der Waals surface area (Å²) in [5.41, 5.74) is 1.51. The molecule has 1 saturated heterocycles. The summed E-state index contributed by atoms with van der Waals surface area (Å²) in [5, 5.41) is 2.96. The minimum Gasteiger partial charge on any atom is -0.441 e. The molecule has 3 rings (SSSR count). The van der Waals surface area contributed by atoms with Crippen LogP contribution in [-0.4, -0.2) is 35.1 Å². The van der Waals surface area contributed by atoms with Gasteiger partial charge in [0.05, 0.1) is 29.3 Å². The zero-order chi connectivity index (χ0) is 16.8. The third-order valence-electron chi connectivity index (χ3n) is 3.86. The van der Waals surface area contributed by atoms with Crippen molar-refractivity contribution in [2.45, 2.75) is 32.3 Å². The molecule has 5 nitrogen and oxygen atoms in total. The van der Waals surface area contributed by atoms with Crippen molar-refractivity contribution in [3.8, 4) is 11.5 Å². The summed E-state index contributed by atoms with van der Waals surface area (Å²) in [7, 11) is 0. The van der Waals surface area contributed by atoms with Crippen LogP contribution in [0.15, 0.2) is 34.9 Å². The summed E-state index contributed by atoms with van der Waals surface area (Å²) in [4.78, 5) is 16.5. The summed E-state index contributed by atoms with van der Waals surface area (Å²) in [6, 6.07) is 7.54. The largest absolute Gasteiger partial charge is 0.441 e. The maximum Gasteiger partial charge on any atom is 0.234 e. The van der Waals surface area contributed by atoms with Crippen LogP contribution in [-0.2, 0) is 9.53 Å². The number of anilines is 1. The molecule has 1 aliphatic heterocycles. The molecule has 6 heteroatoms. The Morgan fingerprint density at radius 1 is 1.38 bits per heavy atom. The van der Waals surface area contributed by atoms with E-state index in [1.807, 2.05) is 31.2 Å². The van der Waals surface area contributed by atoms with E-state index in [9.17, 15) is 4.79 Å². The van der Waals surface area contributed by atoms with E-state index >= 15 is 0 Å². The lowest BCUT2D eigenvalue weighted by Crippen LogP contribution is -2.23. The second-order valence-electron chi connectivity index (χ2n) is 5.87. The van der Waals surface area contributed by atoms with Gasteiger partial charge in [-0.1, -0.05) is 12.1 Å². The lowest BCUT2D eigenvalue weighted by Gasteiger charge is -2.21. The number of aryl methyl sites for hydroxylation is 1. The third kappa shape index (κ3) is 4.61. The second-order valence-corrected chi connectivity index (χ2v) is 6.90. The van der Waals surface area contributed by atoms with Gasteiger partial charge in [-0.05, 0) is 38.3 Å². The van der Waals surface area contributed by atoms with Crippen LogP contribution in [0.2, 0.25) is 0 Å². The second kappa shape index (κ2) is 8.35. The molecule has 1 atom stereocenters. The van der Waals surface area contributed by atoms with Gasteiger partial charge in [-0.15, -0.1) is 11.8 Å². The first kappa shape index (κ1) is 17.0. The number of para-hydroxylation sites is 1. The average molecular weight is 346 g/mol. The topological polar surface area (TPSA) is 64.4 Å². The molecule has 0 spiro atoms. The molecule has 0 saturated carbocycles. The van der Waals surface area contributed by atoms with Crippen LogP contribution in [0.25, 0.3) is 11.5 Å². The van der Waals surface area contributed by atoms with E-state index in [2.05, 4.69) is 10.3 Å². The number of rotatable bonds is 6. The van der Waals surface area contributed by atoms with Gasteiger partial charge in [-0.2, -0.15) is 0 Å². The molecule has 0 aliphatic carbocycles. The fraction of sp³-hybridized carbons (Fsp3) is 0.444. The van der Waals surface area contributed by atoms with E-state index in [4.69, 9.17) is 9.15 Å². The minimum atomic E-state index is -0.0217. The highest BCUT2D eigenvalue weighted by Crippen LogP contribution is 2.27. The number of aromatic nitrogens is 1. The Hall–Kier alpha value is -1.79. The molecule has 1 aromatic carbocycles. The monoisotopic (exact) mass is 346 g/mol. The molecule has 1 N–H and O–H groups in total. The van der Waals surface area contributed by atoms with Crippen molar-refractivity contribution in [1.29, 1.82) is 0 Å². The van der Waals surface area contributed by atoms with Crippen molar-refractivity contribution in [2.75, 3.05) is 23.4 Å². The smallest absolute Gasteiger partial charge is 0.234 e. The predicted octanol–water partition coefficient (Wildman–Crippen LogP) is 3.89. The molecule has 1 amide bonds. The van der Waals surface area contributed by atoms with Gasteiger partial charge < -0.3 is 14.5 Å². The van der Waals surface area contributed by atoms with Gasteiger partial charge in [0.15, 0.2) is 0 Å². The Bertz CT molecular complexity index is 680. The summed E-state index contributed by atoms with van der Waals surface area (Å²) in [5.74, 6) is 2.53. The van der Waals surface area contributed by atoms with E-state index in [-0.39, 0.29) is 5.91 Å². The Kier molecular flexibility index (Phi) is 5.93. The molecular weight excluding hydrogens is 324 g/mol. The number of carbonyl (C=O) groups excluding carboxylic acids is 1.